The third kappa shape index (κ3) is 5.25. The summed E-state index contributed by atoms with van der Waals surface area (Å²) in [5.74, 6) is -0.883. The normalized spacial score (nSPS) is 21.9. The first kappa shape index (κ1) is 16.6. The number of aliphatic hydroxyl groups excluding tert-OH is 1. The summed E-state index contributed by atoms with van der Waals surface area (Å²) >= 11 is 0. The lowest BCUT2D eigenvalue weighted by Gasteiger charge is -1.99. The van der Waals surface area contributed by atoms with Crippen LogP contribution in [0.15, 0.2) is 29.2 Å². The van der Waals surface area contributed by atoms with Crippen molar-refractivity contribution in [1.82, 2.24) is 5.32 Å². The maximum absolute atomic E-state index is 10.5. The molecule has 0 bridgehead atoms. The van der Waals surface area contributed by atoms with Crippen molar-refractivity contribution in [3.8, 4) is 0 Å². The number of nitrogens with one attached hydrogen (secondary N) is 1. The van der Waals surface area contributed by atoms with E-state index in [1.54, 1.807) is 12.1 Å². The van der Waals surface area contributed by atoms with E-state index >= 15 is 0 Å². The Labute approximate surface area is 117 Å². The van der Waals surface area contributed by atoms with Crippen LogP contribution in [-0.2, 0) is 14.9 Å². The Morgan fingerprint density at radius 2 is 1.85 bits per heavy atom. The van der Waals surface area contributed by atoms with Gasteiger partial charge >= 0.3 is 5.97 Å². The van der Waals surface area contributed by atoms with Crippen LogP contribution in [0.25, 0.3) is 0 Å². The molecular weight excluding hydrogens is 286 g/mol. The number of carbonyl (C=O) groups is 1. The molecule has 112 valence electrons. The second-order valence-corrected chi connectivity index (χ2v) is 5.90. The lowest BCUT2D eigenvalue weighted by molar-refractivity contribution is -0.139. The first-order chi connectivity index (χ1) is 9.20. The Balaban J connectivity index is 0.000000204. The highest BCUT2D eigenvalue weighted by Crippen LogP contribution is 2.08. The summed E-state index contributed by atoms with van der Waals surface area (Å²) in [5, 5.41) is 19.8. The zero-order valence-corrected chi connectivity index (χ0v) is 11.7. The van der Waals surface area contributed by atoms with Crippen molar-refractivity contribution in [2.24, 2.45) is 0 Å². The van der Waals surface area contributed by atoms with E-state index in [1.165, 1.54) is 12.1 Å². The quantitative estimate of drug-likeness (QED) is 0.568. The third-order valence-corrected chi connectivity index (χ3v) is 3.59. The average Bonchev–Trinajstić information content (AvgIpc) is 2.76. The van der Waals surface area contributed by atoms with Gasteiger partial charge in [-0.25, -0.2) is 0 Å². The van der Waals surface area contributed by atoms with Crippen LogP contribution in [0, 0.1) is 6.92 Å². The molecule has 0 amide bonds. The molecule has 0 aromatic heterocycles. The van der Waals surface area contributed by atoms with Crippen LogP contribution < -0.4 is 5.32 Å². The molecule has 0 radical (unpaired) electrons. The van der Waals surface area contributed by atoms with Crippen LogP contribution >= 0.6 is 0 Å². The number of carboxylic acid groups (broad SMARTS) is 1. The van der Waals surface area contributed by atoms with E-state index in [9.17, 15) is 13.2 Å². The van der Waals surface area contributed by atoms with E-state index in [0.717, 1.165) is 5.56 Å². The fourth-order valence-corrected chi connectivity index (χ4v) is 2.10. The summed E-state index contributed by atoms with van der Waals surface area (Å²) in [6.45, 7) is 2.24. The van der Waals surface area contributed by atoms with Crippen LogP contribution in [-0.4, -0.2) is 47.8 Å². The van der Waals surface area contributed by atoms with Crippen LogP contribution in [0.3, 0.4) is 0 Å². The van der Waals surface area contributed by atoms with E-state index in [2.05, 4.69) is 5.32 Å². The number of hydrogen-bond donors (Lipinski definition) is 4. The molecule has 1 saturated heterocycles. The van der Waals surface area contributed by atoms with Gasteiger partial charge in [-0.15, -0.1) is 0 Å². The van der Waals surface area contributed by atoms with Gasteiger partial charge < -0.3 is 15.5 Å². The predicted molar refractivity (Wildman–Crippen MR) is 71.0 cm³/mol. The molecular formula is C12H17NO6S. The fraction of sp³-hybridized carbons (Fsp3) is 0.417. The minimum absolute atomic E-state index is 0.0666. The number of β-amino-alcohol motifs (C(OH)–C–C–N with tert-alkyl or cyclic N) is 1. The topological polar surface area (TPSA) is 124 Å². The SMILES string of the molecule is Cc1ccc(S(=O)(=O)O)cc1.O=C(O)C1CC(O)CN1. The number of carboxylic acids is 1. The maximum atomic E-state index is 10.5. The van der Waals surface area contributed by atoms with Gasteiger partial charge in [-0.2, -0.15) is 8.42 Å². The zero-order valence-electron chi connectivity index (χ0n) is 10.9. The van der Waals surface area contributed by atoms with Gasteiger partial charge in [-0.1, -0.05) is 17.7 Å². The molecule has 2 atom stereocenters. The largest absolute Gasteiger partial charge is 0.480 e. The van der Waals surface area contributed by atoms with Crippen molar-refractivity contribution < 1.29 is 28.0 Å². The van der Waals surface area contributed by atoms with Gasteiger partial charge in [-0.05, 0) is 19.1 Å². The van der Waals surface area contributed by atoms with Crippen LogP contribution in [0.2, 0.25) is 0 Å². The number of rotatable bonds is 2. The van der Waals surface area contributed by atoms with Gasteiger partial charge in [-0.3, -0.25) is 9.35 Å². The van der Waals surface area contributed by atoms with Crippen LogP contribution in [0.1, 0.15) is 12.0 Å². The summed E-state index contributed by atoms with van der Waals surface area (Å²) in [6.07, 6.45) is -0.152. The Hall–Kier alpha value is -1.48. The second-order valence-electron chi connectivity index (χ2n) is 4.48. The summed E-state index contributed by atoms with van der Waals surface area (Å²) in [7, 11) is -4.02. The van der Waals surface area contributed by atoms with E-state index in [1.807, 2.05) is 6.92 Å². The minimum Gasteiger partial charge on any atom is -0.480 e. The van der Waals surface area contributed by atoms with Gasteiger partial charge in [0.2, 0.25) is 0 Å². The molecule has 1 aromatic carbocycles. The Morgan fingerprint density at radius 3 is 2.15 bits per heavy atom. The number of aliphatic hydroxyl groups is 1. The molecule has 7 nitrogen and oxygen atoms in total. The highest BCUT2D eigenvalue weighted by Gasteiger charge is 2.27. The number of hydrogen-bond acceptors (Lipinski definition) is 5. The van der Waals surface area contributed by atoms with E-state index < -0.39 is 28.2 Å². The number of aliphatic carboxylic acids is 1. The summed E-state index contributed by atoms with van der Waals surface area (Å²) in [4.78, 5) is 10.1. The van der Waals surface area contributed by atoms with Gasteiger partial charge in [0.1, 0.15) is 6.04 Å². The first-order valence-corrected chi connectivity index (χ1v) is 7.32. The summed E-state index contributed by atoms with van der Waals surface area (Å²) in [5.41, 5.74) is 0.956. The Bertz CT molecular complexity index is 554. The lowest BCUT2D eigenvalue weighted by Crippen LogP contribution is -2.29. The number of aryl methyl sites for hydroxylation is 1. The Kier molecular flexibility index (Phi) is 5.63. The molecule has 0 saturated carbocycles. The predicted octanol–water partition coefficient (Wildman–Crippen LogP) is 0.0355. The summed E-state index contributed by atoms with van der Waals surface area (Å²) < 4.78 is 29.6. The lowest BCUT2D eigenvalue weighted by atomic mass is 10.2. The molecule has 0 spiro atoms. The van der Waals surface area contributed by atoms with E-state index in [0.29, 0.717) is 13.0 Å². The van der Waals surface area contributed by atoms with Crippen molar-refractivity contribution in [2.45, 2.75) is 30.4 Å². The molecule has 1 heterocycles. The molecule has 1 aliphatic heterocycles. The van der Waals surface area contributed by atoms with Gasteiger partial charge in [0.05, 0.1) is 11.0 Å². The van der Waals surface area contributed by atoms with Crippen molar-refractivity contribution in [3.63, 3.8) is 0 Å². The third-order valence-electron chi connectivity index (χ3n) is 2.72. The smallest absolute Gasteiger partial charge is 0.320 e. The highest BCUT2D eigenvalue weighted by atomic mass is 32.2. The maximum Gasteiger partial charge on any atom is 0.320 e. The van der Waals surface area contributed by atoms with Crippen molar-refractivity contribution in [3.05, 3.63) is 29.8 Å². The zero-order chi connectivity index (χ0) is 15.3. The molecule has 4 N–H and O–H groups in total. The van der Waals surface area contributed by atoms with Gasteiger partial charge in [0.15, 0.2) is 0 Å². The molecule has 2 rings (SSSR count). The molecule has 1 aromatic rings. The van der Waals surface area contributed by atoms with Crippen LogP contribution in [0.5, 0.6) is 0 Å². The number of benzene rings is 1. The second kappa shape index (κ2) is 6.80. The van der Waals surface area contributed by atoms with E-state index in [4.69, 9.17) is 14.8 Å². The van der Waals surface area contributed by atoms with Crippen LogP contribution in [0.4, 0.5) is 0 Å². The molecule has 0 aliphatic carbocycles. The van der Waals surface area contributed by atoms with Crippen molar-refractivity contribution in [1.29, 1.82) is 0 Å². The monoisotopic (exact) mass is 303 g/mol. The van der Waals surface area contributed by atoms with Gasteiger partial charge in [0.25, 0.3) is 10.1 Å². The molecule has 8 heteroatoms. The minimum atomic E-state index is -4.02. The van der Waals surface area contributed by atoms with Crippen molar-refractivity contribution in [2.75, 3.05) is 6.54 Å². The first-order valence-electron chi connectivity index (χ1n) is 5.88. The average molecular weight is 303 g/mol. The fourth-order valence-electron chi connectivity index (χ4n) is 1.62. The van der Waals surface area contributed by atoms with Gasteiger partial charge in [0, 0.05) is 13.0 Å². The molecule has 2 unspecified atom stereocenters. The standard InChI is InChI=1S/C7H8O3S.C5H9NO3/c1-6-2-4-7(5-3-6)11(8,9)10;7-3-1-4(5(8)9)6-2-3/h2-5H,1H3,(H,8,9,10);3-4,6-7H,1-2H2,(H,8,9). The molecule has 1 fully saturated rings. The summed E-state index contributed by atoms with van der Waals surface area (Å²) in [6, 6.07) is 5.45. The highest BCUT2D eigenvalue weighted by molar-refractivity contribution is 7.85. The van der Waals surface area contributed by atoms with E-state index in [-0.39, 0.29) is 4.90 Å². The molecule has 1 aliphatic rings. The molecule has 20 heavy (non-hydrogen) atoms. The Morgan fingerprint density at radius 1 is 1.30 bits per heavy atom. The van der Waals surface area contributed by atoms with Crippen molar-refractivity contribution >= 4 is 16.1 Å².